The number of hydrogen-bond acceptors (Lipinski definition) is 3. The number of rotatable bonds is 5. The third-order valence-corrected chi connectivity index (χ3v) is 1.78. The number of aryl methyl sites for hydroxylation is 1. The van der Waals surface area contributed by atoms with E-state index in [0.717, 1.165) is 24.3 Å². The Morgan fingerprint density at radius 1 is 1.54 bits per heavy atom. The Hall–Kier alpha value is -1.09. The van der Waals surface area contributed by atoms with Crippen LogP contribution in [0.3, 0.4) is 0 Å². The van der Waals surface area contributed by atoms with E-state index in [9.17, 15) is 0 Å². The van der Waals surface area contributed by atoms with Gasteiger partial charge >= 0.3 is 0 Å². The minimum Gasteiger partial charge on any atom is -0.478 e. The molecule has 0 amide bonds. The lowest BCUT2D eigenvalue weighted by Crippen LogP contribution is -2.03. The van der Waals surface area contributed by atoms with Gasteiger partial charge in [0.05, 0.1) is 6.61 Å². The summed E-state index contributed by atoms with van der Waals surface area (Å²) in [7, 11) is 0. The molecular formula is C10H16N2O. The van der Waals surface area contributed by atoms with Gasteiger partial charge in [-0.25, -0.2) is 4.98 Å². The summed E-state index contributed by atoms with van der Waals surface area (Å²) in [6.45, 7) is 3.33. The van der Waals surface area contributed by atoms with E-state index in [1.54, 1.807) is 6.20 Å². The van der Waals surface area contributed by atoms with Crippen LogP contribution in [0.4, 0.5) is 0 Å². The van der Waals surface area contributed by atoms with Crippen molar-refractivity contribution in [1.82, 2.24) is 4.98 Å². The van der Waals surface area contributed by atoms with Gasteiger partial charge < -0.3 is 10.5 Å². The van der Waals surface area contributed by atoms with Crippen molar-refractivity contribution in [3.05, 3.63) is 23.9 Å². The SMILES string of the molecule is CCOc1ncccc1CCCN. The van der Waals surface area contributed by atoms with Gasteiger partial charge in [-0.1, -0.05) is 6.07 Å². The molecule has 2 N–H and O–H groups in total. The topological polar surface area (TPSA) is 48.1 Å². The van der Waals surface area contributed by atoms with Gasteiger partial charge in [0.2, 0.25) is 5.88 Å². The van der Waals surface area contributed by atoms with Crippen LogP contribution in [0.1, 0.15) is 18.9 Å². The first-order valence-electron chi connectivity index (χ1n) is 4.65. The second-order valence-corrected chi connectivity index (χ2v) is 2.79. The molecule has 0 saturated carbocycles. The van der Waals surface area contributed by atoms with Crippen molar-refractivity contribution in [2.45, 2.75) is 19.8 Å². The molecule has 0 bridgehead atoms. The van der Waals surface area contributed by atoms with Crippen LogP contribution in [-0.2, 0) is 6.42 Å². The molecule has 72 valence electrons. The maximum absolute atomic E-state index is 5.44. The van der Waals surface area contributed by atoms with Gasteiger partial charge in [0.1, 0.15) is 0 Å². The van der Waals surface area contributed by atoms with Gasteiger partial charge in [0.15, 0.2) is 0 Å². The summed E-state index contributed by atoms with van der Waals surface area (Å²) in [5, 5.41) is 0. The second kappa shape index (κ2) is 5.54. The molecule has 0 aromatic carbocycles. The van der Waals surface area contributed by atoms with Crippen LogP contribution in [-0.4, -0.2) is 18.1 Å². The highest BCUT2D eigenvalue weighted by Gasteiger charge is 2.02. The van der Waals surface area contributed by atoms with E-state index in [-0.39, 0.29) is 0 Å². The first-order valence-corrected chi connectivity index (χ1v) is 4.65. The molecule has 0 saturated heterocycles. The van der Waals surface area contributed by atoms with Crippen LogP contribution in [0, 0.1) is 0 Å². The summed E-state index contributed by atoms with van der Waals surface area (Å²) in [6, 6.07) is 3.96. The fourth-order valence-electron chi connectivity index (χ4n) is 1.17. The third-order valence-electron chi connectivity index (χ3n) is 1.78. The number of nitrogens with zero attached hydrogens (tertiary/aromatic N) is 1. The first-order chi connectivity index (χ1) is 6.38. The molecule has 1 aromatic heterocycles. The molecule has 13 heavy (non-hydrogen) atoms. The third kappa shape index (κ3) is 3.03. The normalized spacial score (nSPS) is 10.0. The van der Waals surface area contributed by atoms with Crippen molar-refractivity contribution in [3.8, 4) is 5.88 Å². The maximum Gasteiger partial charge on any atom is 0.216 e. The zero-order chi connectivity index (χ0) is 9.52. The van der Waals surface area contributed by atoms with E-state index in [0.29, 0.717) is 13.2 Å². The predicted octanol–water partition coefficient (Wildman–Crippen LogP) is 1.37. The Morgan fingerprint density at radius 3 is 3.08 bits per heavy atom. The summed E-state index contributed by atoms with van der Waals surface area (Å²) in [5.74, 6) is 0.749. The van der Waals surface area contributed by atoms with Gasteiger partial charge in [0.25, 0.3) is 0 Å². The fraction of sp³-hybridized carbons (Fsp3) is 0.500. The van der Waals surface area contributed by atoms with Crippen LogP contribution in [0.2, 0.25) is 0 Å². The molecule has 0 fully saturated rings. The fourth-order valence-corrected chi connectivity index (χ4v) is 1.17. The molecule has 0 aliphatic rings. The summed E-state index contributed by atoms with van der Waals surface area (Å²) >= 11 is 0. The number of aromatic nitrogens is 1. The van der Waals surface area contributed by atoms with Crippen molar-refractivity contribution < 1.29 is 4.74 Å². The second-order valence-electron chi connectivity index (χ2n) is 2.79. The molecule has 0 unspecified atom stereocenters. The monoisotopic (exact) mass is 180 g/mol. The first kappa shape index (κ1) is 9.99. The van der Waals surface area contributed by atoms with Gasteiger partial charge in [-0.3, -0.25) is 0 Å². The van der Waals surface area contributed by atoms with Crippen LogP contribution in [0.15, 0.2) is 18.3 Å². The highest BCUT2D eigenvalue weighted by molar-refractivity contribution is 5.25. The summed E-state index contributed by atoms with van der Waals surface area (Å²) < 4.78 is 5.38. The van der Waals surface area contributed by atoms with Gasteiger partial charge in [0, 0.05) is 11.8 Å². The van der Waals surface area contributed by atoms with Crippen molar-refractivity contribution in [2.75, 3.05) is 13.2 Å². The Kier molecular flexibility index (Phi) is 4.26. The lowest BCUT2D eigenvalue weighted by atomic mass is 10.1. The molecule has 1 aromatic rings. The molecule has 1 heterocycles. The van der Waals surface area contributed by atoms with E-state index < -0.39 is 0 Å². The summed E-state index contributed by atoms with van der Waals surface area (Å²) in [4.78, 5) is 4.16. The molecule has 0 atom stereocenters. The lowest BCUT2D eigenvalue weighted by molar-refractivity contribution is 0.322. The van der Waals surface area contributed by atoms with Crippen molar-refractivity contribution in [1.29, 1.82) is 0 Å². The molecular weight excluding hydrogens is 164 g/mol. The Bertz CT molecular complexity index is 250. The van der Waals surface area contributed by atoms with E-state index >= 15 is 0 Å². The minimum atomic E-state index is 0.659. The molecule has 0 radical (unpaired) electrons. The summed E-state index contributed by atoms with van der Waals surface area (Å²) in [5.41, 5.74) is 6.59. The van der Waals surface area contributed by atoms with Crippen molar-refractivity contribution >= 4 is 0 Å². The van der Waals surface area contributed by atoms with E-state index in [1.165, 1.54) is 0 Å². The number of hydrogen-bond donors (Lipinski definition) is 1. The Labute approximate surface area is 78.9 Å². The highest BCUT2D eigenvalue weighted by atomic mass is 16.5. The zero-order valence-corrected chi connectivity index (χ0v) is 7.99. The van der Waals surface area contributed by atoms with E-state index in [1.807, 2.05) is 19.1 Å². The molecule has 1 rings (SSSR count). The molecule has 0 aliphatic carbocycles. The number of ether oxygens (including phenoxy) is 1. The smallest absolute Gasteiger partial charge is 0.216 e. The van der Waals surface area contributed by atoms with E-state index in [4.69, 9.17) is 10.5 Å². The van der Waals surface area contributed by atoms with Gasteiger partial charge in [-0.2, -0.15) is 0 Å². The lowest BCUT2D eigenvalue weighted by Gasteiger charge is -2.07. The zero-order valence-electron chi connectivity index (χ0n) is 7.99. The average Bonchev–Trinajstić information content (AvgIpc) is 2.17. The Morgan fingerprint density at radius 2 is 2.38 bits per heavy atom. The highest BCUT2D eigenvalue weighted by Crippen LogP contribution is 2.15. The van der Waals surface area contributed by atoms with Crippen LogP contribution >= 0.6 is 0 Å². The Balaban J connectivity index is 2.66. The number of nitrogens with two attached hydrogens (primary N) is 1. The largest absolute Gasteiger partial charge is 0.478 e. The molecule has 0 spiro atoms. The summed E-state index contributed by atoms with van der Waals surface area (Å²) in [6.07, 6.45) is 3.67. The van der Waals surface area contributed by atoms with Crippen LogP contribution in [0.25, 0.3) is 0 Å². The van der Waals surface area contributed by atoms with E-state index in [2.05, 4.69) is 4.98 Å². The van der Waals surface area contributed by atoms with Crippen molar-refractivity contribution in [3.63, 3.8) is 0 Å². The van der Waals surface area contributed by atoms with Crippen LogP contribution < -0.4 is 10.5 Å². The minimum absolute atomic E-state index is 0.659. The van der Waals surface area contributed by atoms with Gasteiger partial charge in [-0.15, -0.1) is 0 Å². The molecule has 3 nitrogen and oxygen atoms in total. The van der Waals surface area contributed by atoms with Crippen molar-refractivity contribution in [2.24, 2.45) is 5.73 Å². The predicted molar refractivity (Wildman–Crippen MR) is 52.8 cm³/mol. The maximum atomic E-state index is 5.44. The molecule has 0 aliphatic heterocycles. The standard InChI is InChI=1S/C10H16N2O/c1-2-13-10-9(5-3-7-11)6-4-8-12-10/h4,6,8H,2-3,5,7,11H2,1H3. The van der Waals surface area contributed by atoms with Gasteiger partial charge in [-0.05, 0) is 32.4 Å². The number of pyridine rings is 1. The average molecular weight is 180 g/mol. The quantitative estimate of drug-likeness (QED) is 0.744. The van der Waals surface area contributed by atoms with Crippen LogP contribution in [0.5, 0.6) is 5.88 Å². The molecule has 3 heteroatoms.